The Bertz CT molecular complexity index is 1980. The topological polar surface area (TPSA) is 35.6 Å². The zero-order valence-electron chi connectivity index (χ0n) is 22.3. The Morgan fingerprint density at radius 2 is 0.875 bits per heavy atom. The Morgan fingerprint density at radius 1 is 0.450 bits per heavy atom. The lowest BCUT2D eigenvalue weighted by molar-refractivity contribution is 1.16. The van der Waals surface area contributed by atoms with Crippen molar-refractivity contribution in [3.63, 3.8) is 0 Å². The minimum absolute atomic E-state index is 1.11. The third-order valence-corrected chi connectivity index (χ3v) is 8.17. The summed E-state index contributed by atoms with van der Waals surface area (Å²) in [5.74, 6) is 0. The van der Waals surface area contributed by atoms with Crippen LogP contribution in [-0.4, -0.2) is 19.1 Å². The number of benzene rings is 4. The predicted octanol–water partition coefficient (Wildman–Crippen LogP) is 8.95. The van der Waals surface area contributed by atoms with Crippen molar-refractivity contribution in [1.29, 1.82) is 0 Å². The molecule has 8 aromatic rings. The summed E-state index contributed by atoms with van der Waals surface area (Å²) in [6, 6.07) is 35.1. The van der Waals surface area contributed by atoms with E-state index in [1.165, 1.54) is 49.7 Å². The van der Waals surface area contributed by atoms with Crippen LogP contribution in [0.15, 0.2) is 122 Å². The summed E-state index contributed by atoms with van der Waals surface area (Å²) in [6.07, 6.45) is 7.57. The van der Waals surface area contributed by atoms with Gasteiger partial charge in [0.15, 0.2) is 0 Å². The molecule has 40 heavy (non-hydrogen) atoms. The van der Waals surface area contributed by atoms with Gasteiger partial charge in [0.25, 0.3) is 0 Å². The summed E-state index contributed by atoms with van der Waals surface area (Å²) >= 11 is 0. The van der Waals surface area contributed by atoms with Crippen LogP contribution in [0.4, 0.5) is 0 Å². The fraction of sp³-hybridized carbons (Fsp3) is 0.0556. The fourth-order valence-corrected chi connectivity index (χ4v) is 6.37. The average molecular weight is 515 g/mol. The van der Waals surface area contributed by atoms with Crippen molar-refractivity contribution in [2.45, 2.75) is 13.8 Å². The molecule has 8 rings (SSSR count). The minimum Gasteiger partial charge on any atom is -0.309 e. The van der Waals surface area contributed by atoms with Gasteiger partial charge in [-0.05, 0) is 84.6 Å². The molecule has 0 amide bonds. The van der Waals surface area contributed by atoms with Crippen molar-refractivity contribution >= 4 is 43.6 Å². The van der Waals surface area contributed by atoms with Crippen molar-refractivity contribution < 1.29 is 0 Å². The van der Waals surface area contributed by atoms with Crippen molar-refractivity contribution in [2.75, 3.05) is 0 Å². The summed E-state index contributed by atoms with van der Waals surface area (Å²) in [5, 5.41) is 4.79. The standard InChI is InChI=1S/C36H26N4/c1-23-19-25(39-33-9-5-3-7-29(33)30-8-4-6-10-34(30)39)11-13-27(23)28-14-12-26(20-24(28)2)40-35-15-17-37-21-31(35)32-22-38-18-16-36(32)40/h3-22H,1-2H3. The molecule has 0 radical (unpaired) electrons. The van der Waals surface area contributed by atoms with Gasteiger partial charge in [-0.25, -0.2) is 0 Å². The number of hydrogen-bond acceptors (Lipinski definition) is 2. The second-order valence-corrected chi connectivity index (χ2v) is 10.5. The molecule has 0 atom stereocenters. The molecule has 0 aliphatic heterocycles. The number of fused-ring (bicyclic) bond motifs is 6. The van der Waals surface area contributed by atoms with Gasteiger partial charge in [0.05, 0.1) is 22.1 Å². The van der Waals surface area contributed by atoms with E-state index in [1.54, 1.807) is 0 Å². The molecular formula is C36H26N4. The maximum atomic E-state index is 4.37. The van der Waals surface area contributed by atoms with E-state index in [-0.39, 0.29) is 0 Å². The Labute approximate surface area is 231 Å². The van der Waals surface area contributed by atoms with Crippen LogP contribution in [-0.2, 0) is 0 Å². The van der Waals surface area contributed by atoms with Gasteiger partial charge in [-0.1, -0.05) is 48.5 Å². The van der Waals surface area contributed by atoms with Crippen LogP contribution in [0.5, 0.6) is 0 Å². The predicted molar refractivity (Wildman–Crippen MR) is 166 cm³/mol. The highest BCUT2D eigenvalue weighted by atomic mass is 15.0. The zero-order chi connectivity index (χ0) is 26.8. The van der Waals surface area contributed by atoms with Gasteiger partial charge in [-0.3, -0.25) is 9.97 Å². The van der Waals surface area contributed by atoms with E-state index in [0.717, 1.165) is 27.5 Å². The van der Waals surface area contributed by atoms with Gasteiger partial charge < -0.3 is 9.13 Å². The first kappa shape index (κ1) is 22.7. The maximum Gasteiger partial charge on any atom is 0.0572 e. The number of rotatable bonds is 3. The SMILES string of the molecule is Cc1cc(-n2c3ccccc3c3ccccc32)ccc1-c1ccc(-n2c3ccncc3c3cnccc32)cc1C. The van der Waals surface area contributed by atoms with Crippen LogP contribution in [0.2, 0.25) is 0 Å². The van der Waals surface area contributed by atoms with E-state index in [9.17, 15) is 0 Å². The number of nitrogens with zero attached hydrogens (tertiary/aromatic N) is 4. The molecule has 0 fully saturated rings. The van der Waals surface area contributed by atoms with Crippen molar-refractivity contribution in [1.82, 2.24) is 19.1 Å². The first-order valence-electron chi connectivity index (χ1n) is 13.6. The van der Waals surface area contributed by atoms with Crippen molar-refractivity contribution in [2.24, 2.45) is 0 Å². The molecule has 0 N–H and O–H groups in total. The van der Waals surface area contributed by atoms with E-state index < -0.39 is 0 Å². The molecule has 0 aliphatic carbocycles. The first-order valence-corrected chi connectivity index (χ1v) is 13.6. The van der Waals surface area contributed by atoms with E-state index >= 15 is 0 Å². The van der Waals surface area contributed by atoms with Crippen molar-refractivity contribution in [3.8, 4) is 22.5 Å². The highest BCUT2D eigenvalue weighted by Crippen LogP contribution is 2.36. The summed E-state index contributed by atoms with van der Waals surface area (Å²) in [6.45, 7) is 4.42. The summed E-state index contributed by atoms with van der Waals surface area (Å²) in [4.78, 5) is 8.73. The maximum absolute atomic E-state index is 4.37. The Balaban J connectivity index is 1.25. The minimum atomic E-state index is 1.11. The largest absolute Gasteiger partial charge is 0.309 e. The van der Waals surface area contributed by atoms with Gasteiger partial charge in [0.2, 0.25) is 0 Å². The van der Waals surface area contributed by atoms with E-state index in [1.807, 2.05) is 24.8 Å². The molecule has 0 spiro atoms. The first-order chi connectivity index (χ1) is 19.7. The van der Waals surface area contributed by atoms with Crippen molar-refractivity contribution in [3.05, 3.63) is 133 Å². The number of aromatic nitrogens is 4. The summed E-state index contributed by atoms with van der Waals surface area (Å²) in [7, 11) is 0. The molecule has 0 unspecified atom stereocenters. The van der Waals surface area contributed by atoms with Crippen LogP contribution < -0.4 is 0 Å². The molecule has 0 saturated heterocycles. The third-order valence-electron chi connectivity index (χ3n) is 8.17. The molecule has 0 aliphatic rings. The molecule has 4 aromatic heterocycles. The molecule has 0 saturated carbocycles. The van der Waals surface area contributed by atoms with Gasteiger partial charge in [-0.15, -0.1) is 0 Å². The van der Waals surface area contributed by atoms with Gasteiger partial charge in [-0.2, -0.15) is 0 Å². The second kappa shape index (κ2) is 8.65. The summed E-state index contributed by atoms with van der Waals surface area (Å²) < 4.78 is 4.69. The van der Waals surface area contributed by atoms with Crippen LogP contribution in [0.25, 0.3) is 66.1 Å². The molecule has 4 aromatic carbocycles. The van der Waals surface area contributed by atoms with E-state index in [2.05, 4.69) is 130 Å². The van der Waals surface area contributed by atoms with Crippen LogP contribution in [0.3, 0.4) is 0 Å². The molecule has 0 bridgehead atoms. The normalized spacial score (nSPS) is 11.8. The van der Waals surface area contributed by atoms with Crippen LogP contribution in [0.1, 0.15) is 11.1 Å². The quantitative estimate of drug-likeness (QED) is 0.236. The Hall–Kier alpha value is -5.22. The average Bonchev–Trinajstić information content (AvgIpc) is 3.51. The van der Waals surface area contributed by atoms with Crippen LogP contribution >= 0.6 is 0 Å². The van der Waals surface area contributed by atoms with E-state index in [0.29, 0.717) is 0 Å². The smallest absolute Gasteiger partial charge is 0.0572 e. The molecule has 4 heteroatoms. The van der Waals surface area contributed by atoms with Crippen LogP contribution in [0, 0.1) is 13.8 Å². The number of aryl methyl sites for hydroxylation is 2. The lowest BCUT2D eigenvalue weighted by Crippen LogP contribution is -1.98. The molecule has 4 nitrogen and oxygen atoms in total. The van der Waals surface area contributed by atoms with E-state index in [4.69, 9.17) is 0 Å². The number of hydrogen-bond donors (Lipinski definition) is 0. The molecular weight excluding hydrogens is 488 g/mol. The third kappa shape index (κ3) is 3.26. The zero-order valence-corrected chi connectivity index (χ0v) is 22.3. The lowest BCUT2D eigenvalue weighted by Gasteiger charge is -2.15. The summed E-state index contributed by atoms with van der Waals surface area (Å²) in [5.41, 5.74) is 12.0. The Kier molecular flexibility index (Phi) is 4.92. The van der Waals surface area contributed by atoms with Gasteiger partial charge in [0, 0.05) is 57.7 Å². The monoisotopic (exact) mass is 514 g/mol. The molecule has 190 valence electrons. The fourth-order valence-electron chi connectivity index (χ4n) is 6.37. The Morgan fingerprint density at radius 3 is 1.32 bits per heavy atom. The highest BCUT2D eigenvalue weighted by molar-refractivity contribution is 6.09. The second-order valence-electron chi connectivity index (χ2n) is 10.5. The lowest BCUT2D eigenvalue weighted by atomic mass is 9.95. The highest BCUT2D eigenvalue weighted by Gasteiger charge is 2.16. The van der Waals surface area contributed by atoms with Gasteiger partial charge >= 0.3 is 0 Å². The van der Waals surface area contributed by atoms with Gasteiger partial charge in [0.1, 0.15) is 0 Å². The number of pyridine rings is 2. The number of para-hydroxylation sites is 2. The molecule has 4 heterocycles.